The Balaban J connectivity index is 1.43. The predicted molar refractivity (Wildman–Crippen MR) is 133 cm³/mol. The van der Waals surface area contributed by atoms with Gasteiger partial charge in [0.2, 0.25) is 17.7 Å². The molecule has 0 aliphatic carbocycles. The summed E-state index contributed by atoms with van der Waals surface area (Å²) < 4.78 is 0. The second-order valence-electron chi connectivity index (χ2n) is 9.16. The smallest absolute Gasteiger partial charge is 0.249 e. The van der Waals surface area contributed by atoms with Crippen molar-refractivity contribution in [3.63, 3.8) is 0 Å². The molecule has 3 aliphatic heterocycles. The van der Waals surface area contributed by atoms with Crippen LogP contribution in [-0.4, -0.2) is 40.8 Å². The standard InChI is InChI=1S/C28H22N4O4/c1-16(33)17-11-13-20(14-12-17)31-27(35)22-23(28(31)36)25(26(34)30-19-8-3-2-4-9-19)32-24(22)21-10-6-5-7-18(21)15-29-32/h2-15,22-25H,1H3,(H,30,34)/t22-,23+,24?,25-/m1/s1. The minimum atomic E-state index is -0.970. The van der Waals surface area contributed by atoms with Gasteiger partial charge in [-0.05, 0) is 54.4 Å². The molecule has 0 radical (unpaired) electrons. The highest BCUT2D eigenvalue weighted by atomic mass is 16.2. The molecule has 4 atom stereocenters. The van der Waals surface area contributed by atoms with Gasteiger partial charge in [-0.3, -0.25) is 24.2 Å². The van der Waals surface area contributed by atoms with Crippen LogP contribution in [0, 0.1) is 11.8 Å². The SMILES string of the molecule is CC(=O)c1ccc(N2C(=O)[C@H]3[C@@H](C2=O)C2c4ccccc4C=NN2[C@H]3C(=O)Nc2ccccc2)cc1. The van der Waals surface area contributed by atoms with E-state index in [0.717, 1.165) is 16.0 Å². The lowest BCUT2D eigenvalue weighted by molar-refractivity contribution is -0.129. The molecular weight excluding hydrogens is 456 g/mol. The van der Waals surface area contributed by atoms with E-state index in [1.165, 1.54) is 6.92 Å². The fraction of sp³-hybridized carbons (Fsp3) is 0.179. The summed E-state index contributed by atoms with van der Waals surface area (Å²) in [6.45, 7) is 1.46. The molecule has 0 aromatic heterocycles. The van der Waals surface area contributed by atoms with Crippen LogP contribution in [0.5, 0.6) is 0 Å². The molecule has 0 bridgehead atoms. The first kappa shape index (κ1) is 21.9. The second-order valence-corrected chi connectivity index (χ2v) is 9.16. The number of hydrazone groups is 1. The monoisotopic (exact) mass is 478 g/mol. The molecule has 8 heteroatoms. The lowest BCUT2D eigenvalue weighted by atomic mass is 9.85. The number of hydrogen-bond acceptors (Lipinski definition) is 6. The number of nitrogens with zero attached hydrogens (tertiary/aromatic N) is 3. The highest BCUT2D eigenvalue weighted by Gasteiger charge is 2.65. The number of ketones is 1. The summed E-state index contributed by atoms with van der Waals surface area (Å²) in [5.74, 6) is -3.03. The van der Waals surface area contributed by atoms with Gasteiger partial charge >= 0.3 is 0 Å². The first-order valence-electron chi connectivity index (χ1n) is 11.7. The molecule has 1 unspecified atom stereocenters. The van der Waals surface area contributed by atoms with Gasteiger partial charge in [-0.2, -0.15) is 5.10 Å². The maximum Gasteiger partial charge on any atom is 0.249 e. The van der Waals surface area contributed by atoms with Gasteiger partial charge in [-0.1, -0.05) is 42.5 Å². The molecule has 0 spiro atoms. The van der Waals surface area contributed by atoms with Crippen LogP contribution in [0.25, 0.3) is 0 Å². The molecule has 3 heterocycles. The summed E-state index contributed by atoms with van der Waals surface area (Å²) in [5, 5.41) is 9.05. The third-order valence-electron chi connectivity index (χ3n) is 7.14. The Morgan fingerprint density at radius 1 is 0.833 bits per heavy atom. The number of Topliss-reactive ketones (excluding diaryl/α,β-unsaturated/α-hetero) is 1. The van der Waals surface area contributed by atoms with Crippen molar-refractivity contribution < 1.29 is 19.2 Å². The third-order valence-corrected chi connectivity index (χ3v) is 7.14. The molecule has 3 aromatic rings. The molecule has 3 aromatic carbocycles. The van der Waals surface area contributed by atoms with Crippen LogP contribution < -0.4 is 10.2 Å². The lowest BCUT2D eigenvalue weighted by Crippen LogP contribution is -2.46. The van der Waals surface area contributed by atoms with Gasteiger partial charge < -0.3 is 5.32 Å². The Kier molecular flexibility index (Phi) is 5.03. The highest BCUT2D eigenvalue weighted by Crippen LogP contribution is 2.52. The summed E-state index contributed by atoms with van der Waals surface area (Å²) >= 11 is 0. The first-order chi connectivity index (χ1) is 17.5. The number of hydrogen-bond donors (Lipinski definition) is 1. The summed E-state index contributed by atoms with van der Waals surface area (Å²) in [6.07, 6.45) is 1.67. The van der Waals surface area contributed by atoms with Crippen LogP contribution in [0.2, 0.25) is 0 Å². The largest absolute Gasteiger partial charge is 0.324 e. The van der Waals surface area contributed by atoms with E-state index in [9.17, 15) is 19.2 Å². The minimum absolute atomic E-state index is 0.109. The van der Waals surface area contributed by atoms with Crippen LogP contribution in [0.4, 0.5) is 11.4 Å². The quantitative estimate of drug-likeness (QED) is 0.458. The van der Waals surface area contributed by atoms with Crippen molar-refractivity contribution in [2.45, 2.75) is 19.0 Å². The Morgan fingerprint density at radius 3 is 2.22 bits per heavy atom. The van der Waals surface area contributed by atoms with E-state index in [4.69, 9.17) is 0 Å². The Morgan fingerprint density at radius 2 is 1.50 bits per heavy atom. The number of para-hydroxylation sites is 1. The maximum absolute atomic E-state index is 13.8. The Bertz CT molecular complexity index is 1430. The van der Waals surface area contributed by atoms with Crippen molar-refractivity contribution in [3.05, 3.63) is 95.6 Å². The van der Waals surface area contributed by atoms with Gasteiger partial charge in [0, 0.05) is 11.3 Å². The molecule has 6 rings (SSSR count). The van der Waals surface area contributed by atoms with Gasteiger partial charge in [0.05, 0.1) is 29.8 Å². The van der Waals surface area contributed by atoms with E-state index in [0.29, 0.717) is 16.9 Å². The van der Waals surface area contributed by atoms with E-state index >= 15 is 0 Å². The molecule has 2 saturated heterocycles. The average Bonchev–Trinajstić information content (AvgIpc) is 3.37. The van der Waals surface area contributed by atoms with Gasteiger partial charge in [-0.25, -0.2) is 4.90 Å². The first-order valence-corrected chi connectivity index (χ1v) is 11.7. The number of rotatable bonds is 4. The van der Waals surface area contributed by atoms with Crippen LogP contribution in [0.1, 0.15) is 34.5 Å². The van der Waals surface area contributed by atoms with Crippen molar-refractivity contribution in [2.24, 2.45) is 16.9 Å². The van der Waals surface area contributed by atoms with Gasteiger partial charge in [0.1, 0.15) is 6.04 Å². The van der Waals surface area contributed by atoms with Gasteiger partial charge in [0.25, 0.3) is 0 Å². The van der Waals surface area contributed by atoms with E-state index in [1.54, 1.807) is 47.6 Å². The number of carbonyl (C=O) groups excluding carboxylic acids is 4. The van der Waals surface area contributed by atoms with Crippen LogP contribution in [-0.2, 0) is 14.4 Å². The number of carbonyl (C=O) groups is 4. The number of nitrogens with one attached hydrogen (secondary N) is 1. The van der Waals surface area contributed by atoms with E-state index < -0.39 is 35.7 Å². The highest BCUT2D eigenvalue weighted by molar-refractivity contribution is 6.24. The predicted octanol–water partition coefficient (Wildman–Crippen LogP) is 3.41. The second kappa shape index (κ2) is 8.27. The fourth-order valence-corrected chi connectivity index (χ4v) is 5.51. The van der Waals surface area contributed by atoms with Crippen molar-refractivity contribution in [3.8, 4) is 0 Å². The number of amides is 3. The molecular formula is C28H22N4O4. The van der Waals surface area contributed by atoms with E-state index in [2.05, 4.69) is 10.4 Å². The third kappa shape index (κ3) is 3.25. The van der Waals surface area contributed by atoms with Crippen molar-refractivity contribution >= 4 is 41.1 Å². The summed E-state index contributed by atoms with van der Waals surface area (Å²) in [7, 11) is 0. The summed E-state index contributed by atoms with van der Waals surface area (Å²) in [4.78, 5) is 54.1. The van der Waals surface area contributed by atoms with Crippen molar-refractivity contribution in [2.75, 3.05) is 10.2 Å². The van der Waals surface area contributed by atoms with Gasteiger partial charge in [-0.15, -0.1) is 0 Å². The number of imide groups is 1. The van der Waals surface area contributed by atoms with Crippen LogP contribution in [0.3, 0.4) is 0 Å². The molecule has 178 valence electrons. The molecule has 2 fully saturated rings. The molecule has 1 N–H and O–H groups in total. The summed E-state index contributed by atoms with van der Waals surface area (Å²) in [5.41, 5.74) is 3.17. The molecule has 36 heavy (non-hydrogen) atoms. The van der Waals surface area contributed by atoms with Crippen molar-refractivity contribution in [1.82, 2.24) is 5.01 Å². The van der Waals surface area contributed by atoms with Crippen LogP contribution >= 0.6 is 0 Å². The topological polar surface area (TPSA) is 99.2 Å². The maximum atomic E-state index is 13.8. The Hall–Kier alpha value is -4.59. The van der Waals surface area contributed by atoms with Crippen LogP contribution in [0.15, 0.2) is 84.0 Å². The molecule has 8 nitrogen and oxygen atoms in total. The minimum Gasteiger partial charge on any atom is -0.324 e. The zero-order valence-electron chi connectivity index (χ0n) is 19.4. The normalized spacial score (nSPS) is 23.8. The summed E-state index contributed by atoms with van der Waals surface area (Å²) in [6, 6.07) is 21.4. The zero-order valence-corrected chi connectivity index (χ0v) is 19.4. The number of fused-ring (bicyclic) bond motifs is 5. The zero-order chi connectivity index (χ0) is 25.0. The number of benzene rings is 3. The van der Waals surface area contributed by atoms with E-state index in [1.807, 2.05) is 42.5 Å². The van der Waals surface area contributed by atoms with Gasteiger partial charge in [0.15, 0.2) is 5.78 Å². The molecule has 0 saturated carbocycles. The average molecular weight is 479 g/mol. The number of anilines is 2. The molecule has 3 amide bonds. The van der Waals surface area contributed by atoms with E-state index in [-0.39, 0.29) is 11.7 Å². The fourth-order valence-electron chi connectivity index (χ4n) is 5.51. The lowest BCUT2D eigenvalue weighted by Gasteiger charge is -2.33. The molecule has 3 aliphatic rings. The Labute approximate surface area is 207 Å². The van der Waals surface area contributed by atoms with Crippen molar-refractivity contribution in [1.29, 1.82) is 0 Å².